The second kappa shape index (κ2) is 5.65. The number of rotatable bonds is 1. The molecule has 0 bridgehead atoms. The number of hydrogen-bond acceptors (Lipinski definition) is 3. The second-order valence-electron chi connectivity index (χ2n) is 5.92. The van der Waals surface area contributed by atoms with E-state index in [1.165, 1.54) is 11.0 Å². The number of anilines is 1. The van der Waals surface area contributed by atoms with Crippen molar-refractivity contribution in [1.29, 1.82) is 0 Å². The molecule has 1 aliphatic heterocycles. The number of halogens is 1. The number of carbonyl (C=O) groups excluding carboxylic acids is 1. The molecule has 23 heavy (non-hydrogen) atoms. The van der Waals surface area contributed by atoms with Crippen LogP contribution in [0.15, 0.2) is 36.5 Å². The van der Waals surface area contributed by atoms with Crippen LogP contribution >= 0.6 is 0 Å². The number of pyridine rings is 1. The van der Waals surface area contributed by atoms with Crippen molar-refractivity contribution in [3.63, 3.8) is 0 Å². The van der Waals surface area contributed by atoms with Crippen LogP contribution in [0.4, 0.5) is 10.1 Å². The summed E-state index contributed by atoms with van der Waals surface area (Å²) in [5.74, 6) is -0.376. The maximum absolute atomic E-state index is 14.3. The fourth-order valence-electron chi connectivity index (χ4n) is 3.49. The van der Waals surface area contributed by atoms with Gasteiger partial charge in [-0.05, 0) is 43.0 Å². The fraction of sp³-hybridized carbons (Fsp3) is 0.333. The molecule has 4 rings (SSSR count). The Labute approximate surface area is 133 Å². The van der Waals surface area contributed by atoms with Gasteiger partial charge in [-0.15, -0.1) is 0 Å². The van der Waals surface area contributed by atoms with E-state index in [0.717, 1.165) is 30.5 Å². The molecule has 2 aromatic rings. The van der Waals surface area contributed by atoms with Gasteiger partial charge in [0, 0.05) is 6.20 Å². The molecule has 0 fully saturated rings. The molecular formula is C18H17FN2O2. The number of amides is 1. The van der Waals surface area contributed by atoms with E-state index in [1.54, 1.807) is 18.3 Å². The van der Waals surface area contributed by atoms with Crippen molar-refractivity contribution >= 4 is 11.6 Å². The summed E-state index contributed by atoms with van der Waals surface area (Å²) in [4.78, 5) is 19.0. The Bertz CT molecular complexity index is 762. The highest BCUT2D eigenvalue weighted by Crippen LogP contribution is 2.38. The predicted octanol–water partition coefficient (Wildman–Crippen LogP) is 3.07. The lowest BCUT2D eigenvalue weighted by Crippen LogP contribution is -2.42. The van der Waals surface area contributed by atoms with Gasteiger partial charge in [0.05, 0.1) is 18.2 Å². The molecule has 118 valence electrons. The summed E-state index contributed by atoms with van der Waals surface area (Å²) in [6.45, 7) is 0.745. The van der Waals surface area contributed by atoms with E-state index in [1.807, 2.05) is 12.1 Å². The first-order valence-electron chi connectivity index (χ1n) is 7.92. The Morgan fingerprint density at radius 1 is 1.30 bits per heavy atom. The summed E-state index contributed by atoms with van der Waals surface area (Å²) in [6.07, 6.45) is 4.37. The second-order valence-corrected chi connectivity index (χ2v) is 5.92. The van der Waals surface area contributed by atoms with E-state index in [0.29, 0.717) is 18.9 Å². The summed E-state index contributed by atoms with van der Waals surface area (Å²) in [5.41, 5.74) is 2.22. The molecule has 1 atom stereocenters. The molecule has 2 heterocycles. The van der Waals surface area contributed by atoms with E-state index in [4.69, 9.17) is 4.74 Å². The first kappa shape index (κ1) is 14.2. The molecule has 1 amide bonds. The third kappa shape index (κ3) is 2.36. The minimum Gasteiger partial charge on any atom is -0.489 e. The van der Waals surface area contributed by atoms with Gasteiger partial charge in [0.25, 0.3) is 0 Å². The molecule has 1 aromatic carbocycles. The highest BCUT2D eigenvalue weighted by atomic mass is 19.1. The first-order chi connectivity index (χ1) is 11.3. The summed E-state index contributed by atoms with van der Waals surface area (Å²) >= 11 is 0. The maximum atomic E-state index is 14.3. The molecule has 0 saturated carbocycles. The van der Waals surface area contributed by atoms with Gasteiger partial charge < -0.3 is 9.64 Å². The number of nitrogens with zero attached hydrogens (tertiary/aromatic N) is 2. The van der Waals surface area contributed by atoms with Crippen molar-refractivity contribution in [2.24, 2.45) is 0 Å². The molecule has 2 aliphatic rings. The van der Waals surface area contributed by atoms with E-state index in [-0.39, 0.29) is 17.5 Å². The Hall–Kier alpha value is -2.43. The Kier molecular flexibility index (Phi) is 3.48. The van der Waals surface area contributed by atoms with Crippen LogP contribution in [0.5, 0.6) is 5.75 Å². The van der Waals surface area contributed by atoms with Gasteiger partial charge in [0.2, 0.25) is 5.91 Å². The average Bonchev–Trinajstić information content (AvgIpc) is 2.60. The van der Waals surface area contributed by atoms with Crippen molar-refractivity contribution in [1.82, 2.24) is 4.98 Å². The number of para-hydroxylation sites is 1. The number of fused-ring (bicyclic) bond motifs is 2. The monoisotopic (exact) mass is 312 g/mol. The van der Waals surface area contributed by atoms with E-state index in [2.05, 4.69) is 4.98 Å². The van der Waals surface area contributed by atoms with Crippen molar-refractivity contribution in [2.45, 2.75) is 25.2 Å². The minimum atomic E-state index is -0.424. The van der Waals surface area contributed by atoms with Gasteiger partial charge in [-0.3, -0.25) is 9.78 Å². The van der Waals surface area contributed by atoms with Gasteiger partial charge in [-0.2, -0.15) is 0 Å². The standard InChI is InChI=1S/C18H17FN2O2/c19-14-7-2-8-15-17(14)21(10-11-23-15)18(22)13-6-1-4-12-5-3-9-20-16(12)13/h2-3,5,7-9,13H,1,4,6,10-11H2/t13-/m1/s1. The summed E-state index contributed by atoms with van der Waals surface area (Å²) in [5, 5.41) is 0. The molecule has 0 radical (unpaired) electrons. The fourth-order valence-corrected chi connectivity index (χ4v) is 3.49. The quantitative estimate of drug-likeness (QED) is 0.813. The number of aromatic nitrogens is 1. The Balaban J connectivity index is 1.72. The van der Waals surface area contributed by atoms with Crippen molar-refractivity contribution in [3.05, 3.63) is 53.6 Å². The smallest absolute Gasteiger partial charge is 0.236 e. The van der Waals surface area contributed by atoms with Crippen LogP contribution in [-0.4, -0.2) is 24.0 Å². The molecular weight excluding hydrogens is 295 g/mol. The topological polar surface area (TPSA) is 42.4 Å². The van der Waals surface area contributed by atoms with Gasteiger partial charge in [-0.25, -0.2) is 4.39 Å². The SMILES string of the molecule is O=C([C@@H]1CCCc2cccnc21)N1CCOc2cccc(F)c21. The Morgan fingerprint density at radius 2 is 2.22 bits per heavy atom. The van der Waals surface area contributed by atoms with Crippen LogP contribution in [0.1, 0.15) is 30.0 Å². The normalized spacial score (nSPS) is 19.5. The summed E-state index contributed by atoms with van der Waals surface area (Å²) in [6, 6.07) is 8.58. The van der Waals surface area contributed by atoms with E-state index >= 15 is 0 Å². The van der Waals surface area contributed by atoms with Gasteiger partial charge in [0.15, 0.2) is 5.82 Å². The lowest BCUT2D eigenvalue weighted by Gasteiger charge is -2.33. The zero-order chi connectivity index (χ0) is 15.8. The van der Waals surface area contributed by atoms with Crippen LogP contribution in [0, 0.1) is 5.82 Å². The highest BCUT2D eigenvalue weighted by molar-refractivity contribution is 5.99. The van der Waals surface area contributed by atoms with Gasteiger partial charge in [0.1, 0.15) is 18.0 Å². The number of carbonyl (C=O) groups is 1. The summed E-state index contributed by atoms with van der Waals surface area (Å²) < 4.78 is 19.7. The minimum absolute atomic E-state index is 0.0840. The van der Waals surface area contributed by atoms with Crippen LogP contribution in [0.2, 0.25) is 0 Å². The van der Waals surface area contributed by atoms with Gasteiger partial charge >= 0.3 is 0 Å². The average molecular weight is 312 g/mol. The summed E-state index contributed by atoms with van der Waals surface area (Å²) in [7, 11) is 0. The molecule has 0 N–H and O–H groups in total. The predicted molar refractivity (Wildman–Crippen MR) is 84.2 cm³/mol. The van der Waals surface area contributed by atoms with Crippen LogP contribution in [0.25, 0.3) is 0 Å². The van der Waals surface area contributed by atoms with Crippen LogP contribution < -0.4 is 9.64 Å². The molecule has 1 aromatic heterocycles. The van der Waals surface area contributed by atoms with Crippen molar-refractivity contribution in [2.75, 3.05) is 18.1 Å². The molecule has 0 spiro atoms. The number of ether oxygens (including phenoxy) is 1. The lowest BCUT2D eigenvalue weighted by molar-refractivity contribution is -0.120. The third-order valence-electron chi connectivity index (χ3n) is 4.55. The van der Waals surface area contributed by atoms with Crippen LogP contribution in [0.3, 0.4) is 0 Å². The largest absolute Gasteiger partial charge is 0.489 e. The Morgan fingerprint density at radius 3 is 3.13 bits per heavy atom. The zero-order valence-corrected chi connectivity index (χ0v) is 12.7. The lowest BCUT2D eigenvalue weighted by atomic mass is 9.85. The highest BCUT2D eigenvalue weighted by Gasteiger charge is 2.35. The van der Waals surface area contributed by atoms with E-state index in [9.17, 15) is 9.18 Å². The molecule has 4 nitrogen and oxygen atoms in total. The number of hydrogen-bond donors (Lipinski definition) is 0. The molecule has 1 aliphatic carbocycles. The van der Waals surface area contributed by atoms with Crippen molar-refractivity contribution in [3.8, 4) is 5.75 Å². The molecule has 5 heteroatoms. The van der Waals surface area contributed by atoms with Gasteiger partial charge in [-0.1, -0.05) is 12.1 Å². The molecule has 0 saturated heterocycles. The maximum Gasteiger partial charge on any atom is 0.236 e. The number of benzene rings is 1. The number of aryl methyl sites for hydroxylation is 1. The van der Waals surface area contributed by atoms with Crippen molar-refractivity contribution < 1.29 is 13.9 Å². The van der Waals surface area contributed by atoms with E-state index < -0.39 is 5.82 Å². The van der Waals surface area contributed by atoms with Crippen LogP contribution in [-0.2, 0) is 11.2 Å². The molecule has 0 unspecified atom stereocenters. The zero-order valence-electron chi connectivity index (χ0n) is 12.7. The first-order valence-corrected chi connectivity index (χ1v) is 7.92. The third-order valence-corrected chi connectivity index (χ3v) is 4.55.